The number of nitrogens with zero attached hydrogens (tertiary/aromatic N) is 1. The van der Waals surface area contributed by atoms with Crippen LogP contribution in [0, 0.1) is 5.92 Å². The lowest BCUT2D eigenvalue weighted by molar-refractivity contribution is 0.0948. The molecule has 26 heavy (non-hydrogen) atoms. The predicted octanol–water partition coefficient (Wildman–Crippen LogP) is 3.42. The number of hydrogen-bond acceptors (Lipinski definition) is 5. The van der Waals surface area contributed by atoms with Crippen LogP contribution >= 0.6 is 11.8 Å². The zero-order chi connectivity index (χ0) is 19.0. The van der Waals surface area contributed by atoms with E-state index in [-0.39, 0.29) is 11.7 Å². The van der Waals surface area contributed by atoms with Crippen molar-refractivity contribution in [2.45, 2.75) is 30.2 Å². The topological polar surface area (TPSA) is 76.1 Å². The van der Waals surface area contributed by atoms with Crippen molar-refractivity contribution >= 4 is 27.5 Å². The van der Waals surface area contributed by atoms with Crippen LogP contribution in [0.3, 0.4) is 0 Å². The van der Waals surface area contributed by atoms with E-state index >= 15 is 0 Å². The fourth-order valence-electron chi connectivity index (χ4n) is 2.24. The van der Waals surface area contributed by atoms with Gasteiger partial charge in [-0.3, -0.25) is 4.79 Å². The van der Waals surface area contributed by atoms with Gasteiger partial charge >= 0.3 is 0 Å². The molecule has 0 aliphatic rings. The van der Waals surface area contributed by atoms with E-state index in [2.05, 4.69) is 24.1 Å². The largest absolute Gasteiger partial charge is 0.352 e. The van der Waals surface area contributed by atoms with Crippen LogP contribution in [0.2, 0.25) is 0 Å². The second-order valence-electron chi connectivity index (χ2n) is 6.27. The maximum Gasteiger partial charge on any atom is 0.254 e. The summed E-state index contributed by atoms with van der Waals surface area (Å²) in [6.07, 6.45) is 2.52. The highest BCUT2D eigenvalue weighted by Gasteiger charge is 2.16. The maximum atomic E-state index is 12.3. The Bertz CT molecular complexity index is 822. The molecule has 0 atom stereocenters. The molecular formula is C19H24N2O3S2. The van der Waals surface area contributed by atoms with E-state index in [0.717, 1.165) is 6.42 Å². The summed E-state index contributed by atoms with van der Waals surface area (Å²) in [5.41, 5.74) is 0.485. The number of rotatable bonds is 9. The minimum absolute atomic E-state index is 0.00728. The molecule has 1 heterocycles. The first-order valence-electron chi connectivity index (χ1n) is 8.54. The Morgan fingerprint density at radius 3 is 2.58 bits per heavy atom. The molecule has 0 radical (unpaired) electrons. The van der Waals surface area contributed by atoms with Crippen LogP contribution in [0.15, 0.2) is 58.6 Å². The molecule has 1 aromatic heterocycles. The molecule has 1 amide bonds. The zero-order valence-electron chi connectivity index (χ0n) is 15.0. The number of carbonyl (C=O) groups is 1. The molecule has 0 saturated heterocycles. The van der Waals surface area contributed by atoms with Crippen LogP contribution in [0.5, 0.6) is 0 Å². The van der Waals surface area contributed by atoms with Crippen molar-refractivity contribution in [2.24, 2.45) is 5.92 Å². The fraction of sp³-hybridized carbons (Fsp3) is 0.368. The first-order chi connectivity index (χ1) is 12.4. The first kappa shape index (κ1) is 20.5. The van der Waals surface area contributed by atoms with Crippen LogP contribution < -0.4 is 5.32 Å². The maximum absolute atomic E-state index is 12.3. The van der Waals surface area contributed by atoms with Crippen LogP contribution in [0.4, 0.5) is 0 Å². The molecule has 1 N–H and O–H groups in total. The lowest BCUT2D eigenvalue weighted by atomic mass is 10.1. The smallest absolute Gasteiger partial charge is 0.254 e. The van der Waals surface area contributed by atoms with Gasteiger partial charge in [-0.25, -0.2) is 13.4 Å². The quantitative estimate of drug-likeness (QED) is 0.662. The Kier molecular flexibility index (Phi) is 7.66. The van der Waals surface area contributed by atoms with Gasteiger partial charge in [0.2, 0.25) is 0 Å². The van der Waals surface area contributed by atoms with E-state index in [1.54, 1.807) is 48.7 Å². The van der Waals surface area contributed by atoms with Crippen LogP contribution in [-0.2, 0) is 9.84 Å². The van der Waals surface area contributed by atoms with E-state index in [4.69, 9.17) is 0 Å². The molecule has 2 aromatic rings. The number of sulfone groups is 1. The lowest BCUT2D eigenvalue weighted by Gasteiger charge is -2.10. The van der Waals surface area contributed by atoms with Gasteiger partial charge < -0.3 is 5.32 Å². The summed E-state index contributed by atoms with van der Waals surface area (Å²) in [4.78, 5) is 16.9. The van der Waals surface area contributed by atoms with Crippen molar-refractivity contribution in [2.75, 3.05) is 18.1 Å². The number of nitrogens with one attached hydrogen (secondary N) is 1. The summed E-state index contributed by atoms with van der Waals surface area (Å²) in [6.45, 7) is 4.81. The van der Waals surface area contributed by atoms with Crippen LogP contribution in [-0.4, -0.2) is 37.4 Å². The van der Waals surface area contributed by atoms with E-state index in [1.165, 1.54) is 11.8 Å². The summed E-state index contributed by atoms with van der Waals surface area (Å²) in [5, 5.41) is 3.45. The monoisotopic (exact) mass is 392 g/mol. The number of pyridine rings is 1. The molecule has 0 aliphatic carbocycles. The molecule has 5 nitrogen and oxygen atoms in total. The van der Waals surface area contributed by atoms with Gasteiger partial charge in [-0.05, 0) is 36.6 Å². The zero-order valence-corrected chi connectivity index (χ0v) is 16.6. The lowest BCUT2D eigenvalue weighted by Crippen LogP contribution is -2.26. The third-order valence-electron chi connectivity index (χ3n) is 3.72. The molecule has 0 saturated carbocycles. The van der Waals surface area contributed by atoms with Gasteiger partial charge in [0.15, 0.2) is 9.84 Å². The highest BCUT2D eigenvalue weighted by Crippen LogP contribution is 2.21. The molecule has 0 bridgehead atoms. The Balaban J connectivity index is 1.97. The Hall–Kier alpha value is -1.86. The van der Waals surface area contributed by atoms with Crippen molar-refractivity contribution in [3.05, 3.63) is 54.2 Å². The number of benzene rings is 1. The third kappa shape index (κ3) is 6.14. The predicted molar refractivity (Wildman–Crippen MR) is 105 cm³/mol. The van der Waals surface area contributed by atoms with Gasteiger partial charge in [0.1, 0.15) is 5.03 Å². The molecule has 0 unspecified atom stereocenters. The summed E-state index contributed by atoms with van der Waals surface area (Å²) in [7, 11) is -3.34. The molecule has 0 aliphatic heterocycles. The van der Waals surface area contributed by atoms with E-state index in [9.17, 15) is 13.2 Å². The van der Waals surface area contributed by atoms with E-state index < -0.39 is 9.84 Å². The van der Waals surface area contributed by atoms with Gasteiger partial charge in [-0.1, -0.05) is 32.0 Å². The fourth-order valence-corrected chi connectivity index (χ4v) is 4.91. The van der Waals surface area contributed by atoms with E-state index in [0.29, 0.717) is 33.7 Å². The number of thioether (sulfide) groups is 1. The number of amides is 1. The van der Waals surface area contributed by atoms with Crippen molar-refractivity contribution in [1.82, 2.24) is 10.3 Å². The average molecular weight is 393 g/mol. The Morgan fingerprint density at radius 1 is 1.15 bits per heavy atom. The summed E-state index contributed by atoms with van der Waals surface area (Å²) < 4.78 is 24.7. The van der Waals surface area contributed by atoms with Crippen LogP contribution in [0.1, 0.15) is 30.6 Å². The van der Waals surface area contributed by atoms with Crippen molar-refractivity contribution in [3.63, 3.8) is 0 Å². The molecule has 140 valence electrons. The van der Waals surface area contributed by atoms with Crippen molar-refractivity contribution in [3.8, 4) is 0 Å². The molecule has 1 aromatic carbocycles. The van der Waals surface area contributed by atoms with Crippen molar-refractivity contribution in [1.29, 1.82) is 0 Å². The molecule has 7 heteroatoms. The second kappa shape index (κ2) is 9.73. The minimum Gasteiger partial charge on any atom is -0.352 e. The molecule has 0 fully saturated rings. The second-order valence-corrected chi connectivity index (χ2v) is 9.47. The van der Waals surface area contributed by atoms with E-state index in [1.807, 2.05) is 0 Å². The summed E-state index contributed by atoms with van der Waals surface area (Å²) in [5.74, 6) is 0.668. The third-order valence-corrected chi connectivity index (χ3v) is 6.71. The minimum atomic E-state index is -3.34. The van der Waals surface area contributed by atoms with Gasteiger partial charge in [0, 0.05) is 18.5 Å². The van der Waals surface area contributed by atoms with Crippen LogP contribution in [0.25, 0.3) is 0 Å². The Labute approximate surface area is 159 Å². The number of aromatic nitrogens is 1. The highest BCUT2D eigenvalue weighted by atomic mass is 32.2. The van der Waals surface area contributed by atoms with Gasteiger partial charge in [0.25, 0.3) is 5.91 Å². The standard InChI is InChI=1S/C19H24N2O3S2/c1-15(2)10-12-20-18(22)17-9-6-11-21-19(17)25-13-14-26(23,24)16-7-4-3-5-8-16/h3-9,11,15H,10,12-14H2,1-2H3,(H,20,22). The molecule has 2 rings (SSSR count). The van der Waals surface area contributed by atoms with Gasteiger partial charge in [-0.15, -0.1) is 11.8 Å². The number of hydrogen-bond donors (Lipinski definition) is 1. The normalized spacial score (nSPS) is 11.5. The summed E-state index contributed by atoms with van der Waals surface area (Å²) >= 11 is 1.29. The highest BCUT2D eigenvalue weighted by molar-refractivity contribution is 8.00. The average Bonchev–Trinajstić information content (AvgIpc) is 2.62. The summed E-state index contributed by atoms with van der Waals surface area (Å²) in [6, 6.07) is 11.8. The van der Waals surface area contributed by atoms with Gasteiger partial charge in [0.05, 0.1) is 16.2 Å². The van der Waals surface area contributed by atoms with Gasteiger partial charge in [-0.2, -0.15) is 0 Å². The SMILES string of the molecule is CC(C)CCNC(=O)c1cccnc1SCCS(=O)(=O)c1ccccc1. The molecule has 0 spiro atoms. The molecular weight excluding hydrogens is 368 g/mol. The first-order valence-corrected chi connectivity index (χ1v) is 11.2. The van der Waals surface area contributed by atoms with Crippen molar-refractivity contribution < 1.29 is 13.2 Å². The number of carbonyl (C=O) groups excluding carboxylic acids is 1. The Morgan fingerprint density at radius 2 is 1.88 bits per heavy atom.